The highest BCUT2D eigenvalue weighted by molar-refractivity contribution is 6.07. The predicted octanol–water partition coefficient (Wildman–Crippen LogP) is 5.92. The largest absolute Gasteiger partial charge is 0.342 e. The first-order valence-corrected chi connectivity index (χ1v) is 15.2. The fourth-order valence-corrected chi connectivity index (χ4v) is 6.56. The molecular weight excluding hydrogens is 508 g/mol. The van der Waals surface area contributed by atoms with Gasteiger partial charge in [-0.05, 0) is 74.0 Å². The van der Waals surface area contributed by atoms with Crippen molar-refractivity contribution in [3.63, 3.8) is 0 Å². The fourth-order valence-electron chi connectivity index (χ4n) is 6.56. The smallest absolute Gasteiger partial charge is 0.256 e. The van der Waals surface area contributed by atoms with Crippen molar-refractivity contribution in [2.75, 3.05) is 26.2 Å². The minimum atomic E-state index is 0.124. The van der Waals surface area contributed by atoms with Gasteiger partial charge in [0.25, 0.3) is 5.91 Å². The molecule has 4 aromatic rings. The van der Waals surface area contributed by atoms with E-state index in [9.17, 15) is 9.59 Å². The van der Waals surface area contributed by atoms with Crippen LogP contribution in [0.25, 0.3) is 10.9 Å². The monoisotopic (exact) mass is 548 g/mol. The zero-order chi connectivity index (χ0) is 28.0. The number of fused-ring (bicyclic) bond motifs is 1. The molecule has 2 aliphatic heterocycles. The summed E-state index contributed by atoms with van der Waals surface area (Å²) in [6, 6.07) is 21.1. The average Bonchev–Trinajstić information content (AvgIpc) is 3.38. The van der Waals surface area contributed by atoms with Gasteiger partial charge in [0.2, 0.25) is 0 Å². The number of amides is 1. The van der Waals surface area contributed by atoms with Gasteiger partial charge >= 0.3 is 0 Å². The van der Waals surface area contributed by atoms with Gasteiger partial charge in [0, 0.05) is 68.0 Å². The fraction of sp³-hybridized carbons (Fsp3) is 0.400. The van der Waals surface area contributed by atoms with Gasteiger partial charge in [0.1, 0.15) is 5.78 Å². The molecule has 6 rings (SSSR count). The van der Waals surface area contributed by atoms with Gasteiger partial charge in [-0.3, -0.25) is 14.6 Å². The Balaban J connectivity index is 1.20. The molecule has 0 N–H and O–H groups in total. The van der Waals surface area contributed by atoms with Crippen LogP contribution in [0, 0.1) is 0 Å². The molecule has 41 heavy (non-hydrogen) atoms. The number of hydrogen-bond acceptors (Lipinski definition) is 4. The number of aryl methyl sites for hydroxylation is 1. The van der Waals surface area contributed by atoms with Gasteiger partial charge in [0.05, 0.1) is 5.56 Å². The highest BCUT2D eigenvalue weighted by Crippen LogP contribution is 2.28. The topological polar surface area (TPSA) is 58.4 Å². The molecule has 212 valence electrons. The van der Waals surface area contributed by atoms with Crippen LogP contribution in [-0.4, -0.2) is 63.3 Å². The van der Waals surface area contributed by atoms with E-state index in [0.717, 1.165) is 53.5 Å². The van der Waals surface area contributed by atoms with Crippen molar-refractivity contribution in [1.82, 2.24) is 19.4 Å². The van der Waals surface area contributed by atoms with E-state index in [2.05, 4.69) is 37.5 Å². The first-order valence-electron chi connectivity index (χ1n) is 15.2. The normalized spacial score (nSPS) is 16.7. The summed E-state index contributed by atoms with van der Waals surface area (Å²) in [4.78, 5) is 35.6. The number of ketones is 1. The number of rotatable bonds is 9. The number of pyridine rings is 1. The third-order valence-corrected chi connectivity index (χ3v) is 8.85. The molecule has 2 saturated heterocycles. The number of likely N-dealkylation sites (tertiary alicyclic amines) is 2. The summed E-state index contributed by atoms with van der Waals surface area (Å²) >= 11 is 0. The third kappa shape index (κ3) is 6.59. The minimum absolute atomic E-state index is 0.124. The molecular formula is C35H40N4O2. The molecule has 6 nitrogen and oxygen atoms in total. The van der Waals surface area contributed by atoms with E-state index in [4.69, 9.17) is 0 Å². The Morgan fingerprint density at radius 1 is 0.829 bits per heavy atom. The van der Waals surface area contributed by atoms with E-state index in [1.165, 1.54) is 37.9 Å². The molecule has 2 aliphatic rings. The van der Waals surface area contributed by atoms with E-state index in [-0.39, 0.29) is 11.7 Å². The Labute approximate surface area is 243 Å². The molecule has 2 aromatic carbocycles. The zero-order valence-corrected chi connectivity index (χ0v) is 23.9. The van der Waals surface area contributed by atoms with Crippen LogP contribution in [0.2, 0.25) is 0 Å². The van der Waals surface area contributed by atoms with Crippen LogP contribution in [0.1, 0.15) is 65.6 Å². The molecule has 0 saturated carbocycles. The molecule has 1 amide bonds. The molecule has 6 heteroatoms. The van der Waals surface area contributed by atoms with Crippen LogP contribution < -0.4 is 0 Å². The quantitative estimate of drug-likeness (QED) is 0.261. The number of carbonyl (C=O) groups excluding carboxylic acids is 2. The number of benzene rings is 2. The van der Waals surface area contributed by atoms with Crippen molar-refractivity contribution in [2.24, 2.45) is 0 Å². The maximum absolute atomic E-state index is 13.9. The van der Waals surface area contributed by atoms with Gasteiger partial charge in [0.15, 0.2) is 0 Å². The number of aromatic nitrogens is 2. The van der Waals surface area contributed by atoms with Crippen LogP contribution in [0.15, 0.2) is 79.3 Å². The number of piperidine rings is 2. The Kier molecular flexibility index (Phi) is 8.57. The SMILES string of the molecule is O=C(CCc1cccnc1)Cc1ccc2c(C(=O)N3CCC(N4CCCCC4)CC3)cn(Cc3ccccc3)c2c1. The number of hydrogen-bond donors (Lipinski definition) is 0. The molecule has 0 unspecified atom stereocenters. The summed E-state index contributed by atoms with van der Waals surface area (Å²) in [5, 5.41) is 0.968. The molecule has 2 aromatic heterocycles. The van der Waals surface area contributed by atoms with Crippen LogP contribution in [0.5, 0.6) is 0 Å². The summed E-state index contributed by atoms with van der Waals surface area (Å²) in [5.41, 5.74) is 5.03. The van der Waals surface area contributed by atoms with Crippen molar-refractivity contribution < 1.29 is 9.59 Å². The Morgan fingerprint density at radius 2 is 1.61 bits per heavy atom. The summed E-state index contributed by atoms with van der Waals surface area (Å²) in [7, 11) is 0. The molecule has 0 bridgehead atoms. The molecule has 2 fully saturated rings. The molecule has 4 heterocycles. The lowest BCUT2D eigenvalue weighted by atomic mass is 9.99. The van der Waals surface area contributed by atoms with Crippen LogP contribution >= 0.6 is 0 Å². The van der Waals surface area contributed by atoms with E-state index in [0.29, 0.717) is 31.8 Å². The Hall–Kier alpha value is -3.77. The van der Waals surface area contributed by atoms with E-state index in [1.54, 1.807) is 6.20 Å². The summed E-state index contributed by atoms with van der Waals surface area (Å²) in [6.45, 7) is 4.73. The average molecular weight is 549 g/mol. The predicted molar refractivity (Wildman–Crippen MR) is 163 cm³/mol. The highest BCUT2D eigenvalue weighted by atomic mass is 16.2. The van der Waals surface area contributed by atoms with Crippen molar-refractivity contribution in [1.29, 1.82) is 0 Å². The van der Waals surface area contributed by atoms with Gasteiger partial charge in [-0.25, -0.2) is 0 Å². The number of Topliss-reactive ketones (excluding diaryl/α,β-unsaturated/α-hetero) is 1. The van der Waals surface area contributed by atoms with Crippen LogP contribution in [0.4, 0.5) is 0 Å². The maximum Gasteiger partial charge on any atom is 0.256 e. The lowest BCUT2D eigenvalue weighted by Crippen LogP contribution is -2.48. The van der Waals surface area contributed by atoms with Crippen molar-refractivity contribution in [2.45, 2.75) is 64.0 Å². The number of nitrogens with zero attached hydrogens (tertiary/aromatic N) is 4. The van der Waals surface area contributed by atoms with Crippen molar-refractivity contribution in [3.8, 4) is 0 Å². The lowest BCUT2D eigenvalue weighted by Gasteiger charge is -2.40. The van der Waals surface area contributed by atoms with Gasteiger partial charge in [-0.2, -0.15) is 0 Å². The third-order valence-electron chi connectivity index (χ3n) is 8.85. The minimum Gasteiger partial charge on any atom is -0.342 e. The first kappa shape index (κ1) is 27.4. The van der Waals surface area contributed by atoms with E-state index in [1.807, 2.05) is 54.9 Å². The van der Waals surface area contributed by atoms with Gasteiger partial charge in [-0.15, -0.1) is 0 Å². The highest BCUT2D eigenvalue weighted by Gasteiger charge is 2.29. The second-order valence-corrected chi connectivity index (χ2v) is 11.7. The van der Waals surface area contributed by atoms with E-state index >= 15 is 0 Å². The molecule has 0 aliphatic carbocycles. The first-order chi connectivity index (χ1) is 20.1. The number of carbonyl (C=O) groups is 2. The second-order valence-electron chi connectivity index (χ2n) is 11.7. The Bertz CT molecular complexity index is 1470. The Morgan fingerprint density at radius 3 is 2.37 bits per heavy atom. The molecule has 0 atom stereocenters. The van der Waals surface area contributed by atoms with Gasteiger partial charge in [-0.1, -0.05) is 55.0 Å². The van der Waals surface area contributed by atoms with Gasteiger partial charge < -0.3 is 14.4 Å². The van der Waals surface area contributed by atoms with Crippen molar-refractivity contribution in [3.05, 3.63) is 102 Å². The van der Waals surface area contributed by atoms with Crippen LogP contribution in [-0.2, 0) is 24.2 Å². The van der Waals surface area contributed by atoms with Crippen LogP contribution in [0.3, 0.4) is 0 Å². The lowest BCUT2D eigenvalue weighted by molar-refractivity contribution is -0.118. The van der Waals surface area contributed by atoms with Crippen molar-refractivity contribution >= 4 is 22.6 Å². The molecule has 0 spiro atoms. The maximum atomic E-state index is 13.9. The van der Waals surface area contributed by atoms with E-state index < -0.39 is 0 Å². The standard InChI is InChI=1S/C35H40N4O2/c40-31(13-11-27-10-7-17-36-24-27)22-29-12-14-32-33(26-39(34(32)23-29)25-28-8-3-1-4-9-28)35(41)38-20-15-30(16-21-38)37-18-5-2-6-19-37/h1,3-4,7-10,12,14,17,23-24,26,30H,2,5-6,11,13,15-16,18-22,25H2. The second kappa shape index (κ2) is 12.8. The summed E-state index contributed by atoms with van der Waals surface area (Å²) < 4.78 is 2.18. The summed E-state index contributed by atoms with van der Waals surface area (Å²) in [6.07, 6.45) is 13.3. The molecule has 0 radical (unpaired) electrons. The summed E-state index contributed by atoms with van der Waals surface area (Å²) in [5.74, 6) is 0.335. The zero-order valence-electron chi connectivity index (χ0n) is 23.9.